The number of benzene rings is 1. The van der Waals surface area contributed by atoms with Crippen LogP contribution in [0, 0.1) is 0 Å². The van der Waals surface area contributed by atoms with Gasteiger partial charge in [-0.15, -0.1) is 0 Å². The zero-order valence-corrected chi connectivity index (χ0v) is 11.7. The normalized spacial score (nSPS) is 21.9. The van der Waals surface area contributed by atoms with Crippen molar-refractivity contribution in [3.8, 4) is 5.75 Å². The molecule has 18 heavy (non-hydrogen) atoms. The number of hydrogen-bond acceptors (Lipinski definition) is 4. The molecule has 1 N–H and O–H groups in total. The number of thioether (sulfide) groups is 1. The summed E-state index contributed by atoms with van der Waals surface area (Å²) in [6.07, 6.45) is -0.551. The largest absolute Gasteiger partial charge is 0.491 e. The zero-order valence-electron chi connectivity index (χ0n) is 10.8. The summed E-state index contributed by atoms with van der Waals surface area (Å²) in [6.45, 7) is 4.70. The van der Waals surface area contributed by atoms with E-state index in [0.717, 1.165) is 22.8 Å². The lowest BCUT2D eigenvalue weighted by atomic mass is 10.0. The minimum atomic E-state index is -0.575. The molecule has 0 saturated carbocycles. The van der Waals surface area contributed by atoms with Crippen molar-refractivity contribution in [2.24, 2.45) is 0 Å². The van der Waals surface area contributed by atoms with E-state index < -0.39 is 6.10 Å². The van der Waals surface area contributed by atoms with Gasteiger partial charge in [-0.05, 0) is 31.5 Å². The number of aliphatic hydroxyl groups is 1. The third kappa shape index (κ3) is 3.64. The fourth-order valence-corrected chi connectivity index (χ4v) is 2.84. The predicted molar refractivity (Wildman–Crippen MR) is 74.2 cm³/mol. The van der Waals surface area contributed by atoms with E-state index in [0.29, 0.717) is 6.61 Å². The highest BCUT2D eigenvalue weighted by atomic mass is 32.2. The molecule has 0 bridgehead atoms. The molecule has 0 aliphatic carbocycles. The van der Waals surface area contributed by atoms with Crippen molar-refractivity contribution in [2.45, 2.75) is 32.2 Å². The van der Waals surface area contributed by atoms with E-state index in [9.17, 15) is 5.11 Å². The van der Waals surface area contributed by atoms with Gasteiger partial charge in [0.15, 0.2) is 0 Å². The molecule has 2 rings (SSSR count). The van der Waals surface area contributed by atoms with Gasteiger partial charge in [0, 0.05) is 11.5 Å². The highest BCUT2D eigenvalue weighted by Gasteiger charge is 2.24. The Morgan fingerprint density at radius 1 is 1.44 bits per heavy atom. The highest BCUT2D eigenvalue weighted by molar-refractivity contribution is 7.99. The van der Waals surface area contributed by atoms with Gasteiger partial charge in [0.1, 0.15) is 11.9 Å². The van der Waals surface area contributed by atoms with Crippen molar-refractivity contribution < 1.29 is 14.6 Å². The molecule has 100 valence electrons. The topological polar surface area (TPSA) is 38.7 Å². The first-order chi connectivity index (χ1) is 8.66. The average Bonchev–Trinajstić information content (AvgIpc) is 2.38. The molecule has 1 saturated heterocycles. The van der Waals surface area contributed by atoms with Crippen LogP contribution < -0.4 is 4.74 Å². The molecule has 0 radical (unpaired) electrons. The first-order valence-corrected chi connectivity index (χ1v) is 7.46. The Morgan fingerprint density at radius 2 is 2.28 bits per heavy atom. The lowest BCUT2D eigenvalue weighted by molar-refractivity contribution is -0.0228. The monoisotopic (exact) mass is 268 g/mol. The van der Waals surface area contributed by atoms with E-state index in [1.54, 1.807) is 0 Å². The summed E-state index contributed by atoms with van der Waals surface area (Å²) in [5.41, 5.74) is 0.862. The molecule has 1 aliphatic rings. The molecule has 1 fully saturated rings. The average molecular weight is 268 g/mol. The second-order valence-electron chi connectivity index (χ2n) is 4.67. The van der Waals surface area contributed by atoms with Crippen LogP contribution in [0.15, 0.2) is 24.3 Å². The molecule has 2 unspecified atom stereocenters. The Kier molecular flexibility index (Phi) is 4.92. The lowest BCUT2D eigenvalue weighted by Gasteiger charge is -2.27. The number of ether oxygens (including phenoxy) is 2. The summed E-state index contributed by atoms with van der Waals surface area (Å²) in [7, 11) is 0. The summed E-state index contributed by atoms with van der Waals surface area (Å²) >= 11 is 1.82. The zero-order chi connectivity index (χ0) is 13.0. The maximum absolute atomic E-state index is 10.3. The van der Waals surface area contributed by atoms with Crippen molar-refractivity contribution >= 4 is 11.8 Å². The minimum absolute atomic E-state index is 0.113. The Morgan fingerprint density at radius 3 is 2.94 bits per heavy atom. The van der Waals surface area contributed by atoms with Gasteiger partial charge >= 0.3 is 0 Å². The SMILES string of the molecule is CC(C)Oc1cccc(C(O)C2CSCCO2)c1. The summed E-state index contributed by atoms with van der Waals surface area (Å²) in [6, 6.07) is 7.63. The van der Waals surface area contributed by atoms with E-state index in [1.807, 2.05) is 49.9 Å². The molecule has 0 aromatic heterocycles. The van der Waals surface area contributed by atoms with E-state index in [-0.39, 0.29) is 12.2 Å². The van der Waals surface area contributed by atoms with Crippen LogP contribution in [0.5, 0.6) is 5.75 Å². The van der Waals surface area contributed by atoms with Crippen LogP contribution >= 0.6 is 11.8 Å². The van der Waals surface area contributed by atoms with Gasteiger partial charge in [0.2, 0.25) is 0 Å². The van der Waals surface area contributed by atoms with Crippen molar-refractivity contribution in [3.63, 3.8) is 0 Å². The molecule has 4 heteroatoms. The fraction of sp³-hybridized carbons (Fsp3) is 0.571. The van der Waals surface area contributed by atoms with Crippen molar-refractivity contribution in [3.05, 3.63) is 29.8 Å². The molecular weight excluding hydrogens is 248 g/mol. The molecule has 2 atom stereocenters. The van der Waals surface area contributed by atoms with Gasteiger partial charge in [0.05, 0.1) is 18.8 Å². The Balaban J connectivity index is 2.06. The van der Waals surface area contributed by atoms with Crippen LogP contribution in [0.3, 0.4) is 0 Å². The van der Waals surface area contributed by atoms with Gasteiger partial charge in [-0.1, -0.05) is 12.1 Å². The van der Waals surface area contributed by atoms with Crippen LogP contribution in [0.4, 0.5) is 0 Å². The maximum atomic E-state index is 10.3. The van der Waals surface area contributed by atoms with E-state index in [4.69, 9.17) is 9.47 Å². The lowest BCUT2D eigenvalue weighted by Crippen LogP contribution is -2.29. The number of rotatable bonds is 4. The maximum Gasteiger partial charge on any atom is 0.120 e. The number of hydrogen-bond donors (Lipinski definition) is 1. The fourth-order valence-electron chi connectivity index (χ4n) is 1.95. The van der Waals surface area contributed by atoms with Gasteiger partial charge in [-0.25, -0.2) is 0 Å². The summed E-state index contributed by atoms with van der Waals surface area (Å²) < 4.78 is 11.2. The van der Waals surface area contributed by atoms with Gasteiger partial charge in [0.25, 0.3) is 0 Å². The van der Waals surface area contributed by atoms with E-state index >= 15 is 0 Å². The predicted octanol–water partition coefficient (Wildman–Crippen LogP) is 2.64. The van der Waals surface area contributed by atoms with Crippen LogP contribution in [-0.4, -0.2) is 35.4 Å². The van der Waals surface area contributed by atoms with Crippen LogP contribution in [0.2, 0.25) is 0 Å². The number of aliphatic hydroxyl groups excluding tert-OH is 1. The quantitative estimate of drug-likeness (QED) is 0.911. The van der Waals surface area contributed by atoms with Gasteiger partial charge < -0.3 is 14.6 Å². The summed E-state index contributed by atoms with van der Waals surface area (Å²) in [4.78, 5) is 0. The molecular formula is C14H20O3S. The molecule has 0 spiro atoms. The van der Waals surface area contributed by atoms with Crippen LogP contribution in [0.1, 0.15) is 25.5 Å². The molecule has 1 aliphatic heterocycles. The van der Waals surface area contributed by atoms with Crippen molar-refractivity contribution in [1.29, 1.82) is 0 Å². The van der Waals surface area contributed by atoms with Crippen molar-refractivity contribution in [2.75, 3.05) is 18.1 Å². The second-order valence-corrected chi connectivity index (χ2v) is 5.82. The van der Waals surface area contributed by atoms with Gasteiger partial charge in [-0.3, -0.25) is 0 Å². The molecule has 1 aromatic carbocycles. The first-order valence-electron chi connectivity index (χ1n) is 6.31. The van der Waals surface area contributed by atoms with Crippen LogP contribution in [0.25, 0.3) is 0 Å². The molecule has 0 amide bonds. The van der Waals surface area contributed by atoms with Gasteiger partial charge in [-0.2, -0.15) is 11.8 Å². The van der Waals surface area contributed by atoms with Crippen molar-refractivity contribution in [1.82, 2.24) is 0 Å². The Bertz CT molecular complexity index is 375. The smallest absolute Gasteiger partial charge is 0.120 e. The second kappa shape index (κ2) is 6.45. The molecule has 1 aromatic rings. The summed E-state index contributed by atoms with van der Waals surface area (Å²) in [5.74, 6) is 2.65. The third-order valence-electron chi connectivity index (χ3n) is 2.77. The van der Waals surface area contributed by atoms with E-state index in [2.05, 4.69) is 0 Å². The minimum Gasteiger partial charge on any atom is -0.491 e. The van der Waals surface area contributed by atoms with E-state index in [1.165, 1.54) is 0 Å². The highest BCUT2D eigenvalue weighted by Crippen LogP contribution is 2.27. The third-order valence-corrected chi connectivity index (χ3v) is 3.78. The standard InChI is InChI=1S/C14H20O3S/c1-10(2)17-12-5-3-4-11(8-12)14(15)13-9-18-7-6-16-13/h3-5,8,10,13-15H,6-7,9H2,1-2H3. The Labute approximate surface area is 112 Å². The molecule has 3 nitrogen and oxygen atoms in total. The summed E-state index contributed by atoms with van der Waals surface area (Å²) in [5, 5.41) is 10.3. The molecule has 1 heterocycles. The van der Waals surface area contributed by atoms with Crippen LogP contribution in [-0.2, 0) is 4.74 Å². The first kappa shape index (κ1) is 13.7. The Hall–Kier alpha value is -0.710.